The summed E-state index contributed by atoms with van der Waals surface area (Å²) in [5, 5.41) is 6.89. The van der Waals surface area contributed by atoms with Gasteiger partial charge in [-0.1, -0.05) is 61.1 Å². The molecule has 29 heavy (non-hydrogen) atoms. The lowest BCUT2D eigenvalue weighted by molar-refractivity contribution is -0.122. The first-order valence-electron chi connectivity index (χ1n) is 8.58. The normalized spacial score (nSPS) is 12.4. The predicted octanol–water partition coefficient (Wildman–Crippen LogP) is 3.74. The molecule has 1 aliphatic carbocycles. The van der Waals surface area contributed by atoms with Gasteiger partial charge in [0.15, 0.2) is 0 Å². The molecule has 0 heterocycles. The van der Waals surface area contributed by atoms with Crippen molar-refractivity contribution in [3.8, 4) is 0 Å². The van der Waals surface area contributed by atoms with E-state index < -0.39 is 20.2 Å². The van der Waals surface area contributed by atoms with Crippen molar-refractivity contribution in [2.24, 2.45) is 0 Å². The minimum Gasteiger partial charge on any atom is -0.483 e. The molecule has 0 aromatic heterocycles. The summed E-state index contributed by atoms with van der Waals surface area (Å²) in [4.78, 5) is 8.23. The van der Waals surface area contributed by atoms with Gasteiger partial charge in [-0.2, -0.15) is 16.8 Å². The molecule has 0 saturated heterocycles. The number of benzene rings is 2. The van der Waals surface area contributed by atoms with Crippen LogP contribution in [0.3, 0.4) is 0 Å². The van der Waals surface area contributed by atoms with E-state index in [1.165, 1.54) is 49.9 Å². The molecular weight excluding hydrogens is 420 g/mol. The molecule has 0 amide bonds. The fraction of sp³-hybridized carbons (Fsp3) is 0.316. The minimum absolute atomic E-state index is 0.0666. The predicted molar refractivity (Wildman–Crippen MR) is 109 cm³/mol. The number of hydrogen-bond acceptors (Lipinski definition) is 5. The molecule has 0 bridgehead atoms. The van der Waals surface area contributed by atoms with Crippen molar-refractivity contribution in [3.63, 3.8) is 0 Å². The summed E-state index contributed by atoms with van der Waals surface area (Å²) in [6.07, 6.45) is 6.00. The molecule has 2 aromatic rings. The van der Waals surface area contributed by atoms with Gasteiger partial charge in [0.2, 0.25) is 0 Å². The van der Waals surface area contributed by atoms with Crippen LogP contribution in [0.25, 0.3) is 0 Å². The van der Waals surface area contributed by atoms with Crippen LogP contribution >= 0.6 is 0 Å². The molecule has 0 spiro atoms. The summed E-state index contributed by atoms with van der Waals surface area (Å²) in [5.41, 5.74) is 1.91. The lowest BCUT2D eigenvalue weighted by atomic mass is 10.0. The highest BCUT2D eigenvalue weighted by Crippen LogP contribution is 2.15. The molecule has 2 aromatic carbocycles. The second-order valence-corrected chi connectivity index (χ2v) is 8.94. The monoisotopic (exact) mass is 446 g/mol. The second kappa shape index (κ2) is 13.0. The van der Waals surface area contributed by atoms with Gasteiger partial charge < -0.3 is 5.11 Å². The van der Waals surface area contributed by atoms with E-state index >= 15 is 0 Å². The van der Waals surface area contributed by atoms with Crippen LogP contribution in [0.2, 0.25) is 0 Å². The van der Waals surface area contributed by atoms with E-state index in [4.69, 9.17) is 19.0 Å². The Morgan fingerprint density at radius 2 is 0.862 bits per heavy atom. The molecule has 1 aliphatic rings. The largest absolute Gasteiger partial charge is 0.483 e. The molecule has 0 atom stereocenters. The third-order valence-electron chi connectivity index (χ3n) is 3.64. The zero-order valence-corrected chi connectivity index (χ0v) is 17.9. The highest BCUT2D eigenvalue weighted by Gasteiger charge is 2.07. The zero-order valence-electron chi connectivity index (χ0n) is 16.2. The van der Waals surface area contributed by atoms with Gasteiger partial charge in [0.05, 0.1) is 9.79 Å². The smallest absolute Gasteiger partial charge is 0.294 e. The van der Waals surface area contributed by atoms with Crippen molar-refractivity contribution in [2.45, 2.75) is 49.3 Å². The number of aryl methyl sites for hydroxylation is 2. The molecule has 0 aliphatic heterocycles. The van der Waals surface area contributed by atoms with Crippen LogP contribution in [0.1, 0.15) is 36.8 Å². The Bertz CT molecular complexity index is 851. The highest BCUT2D eigenvalue weighted by atomic mass is 32.2. The fourth-order valence-electron chi connectivity index (χ4n) is 1.67. The first-order valence-corrected chi connectivity index (χ1v) is 11.5. The molecular formula is C19H26O8S2. The Morgan fingerprint density at radius 1 is 0.655 bits per heavy atom. The Morgan fingerprint density at radius 3 is 1.00 bits per heavy atom. The Labute approximate surface area is 171 Å². The molecule has 3 rings (SSSR count). The van der Waals surface area contributed by atoms with Crippen LogP contribution in [0.4, 0.5) is 0 Å². The maximum atomic E-state index is 10.5. The summed E-state index contributed by atoms with van der Waals surface area (Å²) in [5.74, 6) is 0. The van der Waals surface area contributed by atoms with Crippen molar-refractivity contribution in [2.75, 3.05) is 0 Å². The van der Waals surface area contributed by atoms with Crippen molar-refractivity contribution < 1.29 is 35.8 Å². The topological polar surface area (TPSA) is 146 Å². The maximum absolute atomic E-state index is 10.5. The van der Waals surface area contributed by atoms with Crippen molar-refractivity contribution >= 4 is 26.7 Å². The molecule has 1 saturated carbocycles. The third kappa shape index (κ3) is 12.7. The fourth-order valence-corrected chi connectivity index (χ4v) is 2.63. The Kier molecular flexibility index (Phi) is 12.0. The van der Waals surface area contributed by atoms with Crippen LogP contribution in [-0.4, -0.2) is 37.5 Å². The average Bonchev–Trinajstić information content (AvgIpc) is 2.54. The van der Waals surface area contributed by atoms with E-state index in [0.717, 1.165) is 11.1 Å². The Balaban J connectivity index is 0.000000409. The molecule has 1 fully saturated rings. The van der Waals surface area contributed by atoms with Crippen molar-refractivity contribution in [1.82, 2.24) is 0 Å². The SMILES string of the molecule is C1CCC1.Cc1ccc(S(=O)(=O)O)cc1.Cc1ccc(S(=O)(=O)O)cc1.O=CO. The van der Waals surface area contributed by atoms with Crippen LogP contribution in [0.5, 0.6) is 0 Å². The lowest BCUT2D eigenvalue weighted by Gasteiger charge is -2.05. The average molecular weight is 447 g/mol. The van der Waals surface area contributed by atoms with Crippen LogP contribution < -0.4 is 0 Å². The summed E-state index contributed by atoms with van der Waals surface area (Å²) in [7, 11) is -8.04. The van der Waals surface area contributed by atoms with Crippen LogP contribution in [0.15, 0.2) is 58.3 Å². The van der Waals surface area contributed by atoms with Gasteiger partial charge in [-0.05, 0) is 38.1 Å². The van der Waals surface area contributed by atoms with E-state index in [-0.39, 0.29) is 16.3 Å². The third-order valence-corrected chi connectivity index (χ3v) is 5.37. The standard InChI is InChI=1S/2C7H8O3S.C4H8.CH2O2/c2*1-6-2-4-7(5-3-6)11(8,9)10;1-2-4-3-1;2-1-3/h2*2-5H,1H3,(H,8,9,10);1-4H2;1H,(H,2,3). The number of carboxylic acid groups (broad SMARTS) is 1. The van der Waals surface area contributed by atoms with Crippen LogP contribution in [-0.2, 0) is 25.0 Å². The van der Waals surface area contributed by atoms with Crippen LogP contribution in [0, 0.1) is 13.8 Å². The maximum Gasteiger partial charge on any atom is 0.294 e. The lowest BCUT2D eigenvalue weighted by Crippen LogP contribution is -1.96. The number of hydrogen-bond donors (Lipinski definition) is 3. The molecule has 162 valence electrons. The quantitative estimate of drug-likeness (QED) is 0.467. The van der Waals surface area contributed by atoms with Gasteiger partial charge in [0.25, 0.3) is 26.7 Å². The summed E-state index contributed by atoms with van der Waals surface area (Å²) < 4.78 is 59.1. The number of rotatable bonds is 2. The van der Waals surface area contributed by atoms with E-state index in [2.05, 4.69) is 0 Å². The first kappa shape index (κ1) is 26.7. The number of carbonyl (C=O) groups is 1. The van der Waals surface area contributed by atoms with Gasteiger partial charge in [-0.15, -0.1) is 0 Å². The van der Waals surface area contributed by atoms with Gasteiger partial charge in [-0.3, -0.25) is 13.9 Å². The zero-order chi connectivity index (χ0) is 22.5. The summed E-state index contributed by atoms with van der Waals surface area (Å²) in [6.45, 7) is 3.43. The van der Waals surface area contributed by atoms with Crippen molar-refractivity contribution in [1.29, 1.82) is 0 Å². The van der Waals surface area contributed by atoms with Gasteiger partial charge >= 0.3 is 0 Å². The first-order chi connectivity index (χ1) is 13.4. The molecule has 10 heteroatoms. The van der Waals surface area contributed by atoms with Gasteiger partial charge in [-0.25, -0.2) is 0 Å². The van der Waals surface area contributed by atoms with Gasteiger partial charge in [0, 0.05) is 0 Å². The Hall–Kier alpha value is -2.27. The minimum atomic E-state index is -4.02. The van der Waals surface area contributed by atoms with Crippen molar-refractivity contribution in [3.05, 3.63) is 59.7 Å². The summed E-state index contributed by atoms with van der Waals surface area (Å²) >= 11 is 0. The van der Waals surface area contributed by atoms with E-state index in [0.29, 0.717) is 0 Å². The molecule has 8 nitrogen and oxygen atoms in total. The molecule has 0 radical (unpaired) electrons. The van der Waals surface area contributed by atoms with Gasteiger partial charge in [0.1, 0.15) is 0 Å². The van der Waals surface area contributed by atoms with E-state index in [1.807, 2.05) is 13.8 Å². The molecule has 3 N–H and O–H groups in total. The second-order valence-electron chi connectivity index (χ2n) is 6.10. The summed E-state index contributed by atoms with van der Waals surface area (Å²) in [6, 6.07) is 12.0. The highest BCUT2D eigenvalue weighted by molar-refractivity contribution is 7.86. The van der Waals surface area contributed by atoms with E-state index in [9.17, 15) is 16.8 Å². The molecule has 0 unspecified atom stereocenters. The van der Waals surface area contributed by atoms with E-state index in [1.54, 1.807) is 24.3 Å².